The molecule has 0 unspecified atom stereocenters. The second-order valence-corrected chi connectivity index (χ2v) is 8.56. The van der Waals surface area contributed by atoms with E-state index in [0.717, 1.165) is 12.8 Å². The summed E-state index contributed by atoms with van der Waals surface area (Å²) < 4.78 is 37.3. The van der Waals surface area contributed by atoms with Crippen LogP contribution in [0.5, 0.6) is 5.75 Å². The lowest BCUT2D eigenvalue weighted by atomic mass is 10.2. The van der Waals surface area contributed by atoms with Crippen molar-refractivity contribution in [2.24, 2.45) is 5.73 Å². The first kappa shape index (κ1) is 20.8. The third-order valence-corrected chi connectivity index (χ3v) is 6.32. The van der Waals surface area contributed by atoms with Crippen LogP contribution in [0.25, 0.3) is 0 Å². The van der Waals surface area contributed by atoms with Gasteiger partial charge >= 0.3 is 5.97 Å². The third kappa shape index (κ3) is 5.33. The number of nitrogens with zero attached hydrogens (tertiary/aromatic N) is 1. The molecule has 8 nitrogen and oxygen atoms in total. The number of carbonyl (C=O) groups excluding carboxylic acids is 2. The smallest absolute Gasteiger partial charge is 0.338 e. The van der Waals surface area contributed by atoms with Crippen LogP contribution in [0.1, 0.15) is 28.8 Å². The molecule has 9 heteroatoms. The minimum absolute atomic E-state index is 0.0320. The minimum Gasteiger partial charge on any atom is -0.484 e. The second kappa shape index (κ2) is 9.06. The van der Waals surface area contributed by atoms with E-state index in [-0.39, 0.29) is 23.7 Å². The Bertz CT molecular complexity index is 1000. The molecule has 0 aromatic heterocycles. The first-order chi connectivity index (χ1) is 13.9. The Balaban J connectivity index is 1.66. The summed E-state index contributed by atoms with van der Waals surface area (Å²) in [6, 6.07) is 12.6. The lowest BCUT2D eigenvalue weighted by molar-refractivity contribution is -0.119. The summed E-state index contributed by atoms with van der Waals surface area (Å²) in [7, 11) is -3.61. The summed E-state index contributed by atoms with van der Waals surface area (Å²) in [5.41, 5.74) is 5.86. The molecule has 1 saturated heterocycles. The Hall–Kier alpha value is -2.91. The van der Waals surface area contributed by atoms with Gasteiger partial charge in [-0.2, -0.15) is 4.31 Å². The molecule has 1 amide bonds. The van der Waals surface area contributed by atoms with E-state index in [1.807, 2.05) is 0 Å². The molecule has 1 heterocycles. The molecule has 2 N–H and O–H groups in total. The van der Waals surface area contributed by atoms with Gasteiger partial charge in [0.15, 0.2) is 6.61 Å². The van der Waals surface area contributed by atoms with E-state index in [9.17, 15) is 18.0 Å². The fourth-order valence-electron chi connectivity index (χ4n) is 2.97. The number of rotatable bonds is 8. The molecule has 1 aliphatic rings. The lowest BCUT2D eigenvalue weighted by Gasteiger charge is -2.15. The molecule has 29 heavy (non-hydrogen) atoms. The number of esters is 1. The van der Waals surface area contributed by atoms with Crippen molar-refractivity contribution in [3.8, 4) is 5.75 Å². The summed E-state index contributed by atoms with van der Waals surface area (Å²) in [4.78, 5) is 23.3. The lowest BCUT2D eigenvalue weighted by Crippen LogP contribution is -2.28. The van der Waals surface area contributed by atoms with Crippen molar-refractivity contribution in [1.82, 2.24) is 4.31 Å². The van der Waals surface area contributed by atoms with Crippen molar-refractivity contribution in [1.29, 1.82) is 0 Å². The van der Waals surface area contributed by atoms with Crippen LogP contribution in [0, 0.1) is 0 Å². The van der Waals surface area contributed by atoms with Crippen molar-refractivity contribution in [2.75, 3.05) is 19.7 Å². The first-order valence-corrected chi connectivity index (χ1v) is 10.6. The maximum absolute atomic E-state index is 12.7. The number of primary amides is 1. The second-order valence-electron chi connectivity index (χ2n) is 6.62. The predicted molar refractivity (Wildman–Crippen MR) is 105 cm³/mol. The molecule has 3 rings (SSSR count). The fourth-order valence-corrected chi connectivity index (χ4v) is 4.54. The van der Waals surface area contributed by atoms with Gasteiger partial charge < -0.3 is 15.2 Å². The zero-order chi connectivity index (χ0) is 20.9. The SMILES string of the molecule is NC(=O)COc1cccc(COC(=O)c2cccc(S(=O)(=O)N3CCCC3)c2)c1. The molecule has 2 aromatic carbocycles. The highest BCUT2D eigenvalue weighted by Crippen LogP contribution is 2.22. The fraction of sp³-hybridized carbons (Fsp3) is 0.300. The van der Waals surface area contributed by atoms with Gasteiger partial charge in [-0.05, 0) is 48.7 Å². The number of nitrogens with two attached hydrogens (primary N) is 1. The monoisotopic (exact) mass is 418 g/mol. The van der Waals surface area contributed by atoms with E-state index >= 15 is 0 Å². The Labute approximate surface area is 169 Å². The van der Waals surface area contributed by atoms with E-state index in [4.69, 9.17) is 15.2 Å². The highest BCUT2D eigenvalue weighted by molar-refractivity contribution is 7.89. The molecule has 0 atom stereocenters. The number of amides is 1. The van der Waals surface area contributed by atoms with Crippen LogP contribution < -0.4 is 10.5 Å². The summed E-state index contributed by atoms with van der Waals surface area (Å²) in [5, 5.41) is 0. The van der Waals surface area contributed by atoms with E-state index in [0.29, 0.717) is 24.4 Å². The molecule has 154 valence electrons. The van der Waals surface area contributed by atoms with Crippen molar-refractivity contribution in [2.45, 2.75) is 24.3 Å². The Morgan fingerprint density at radius 2 is 1.76 bits per heavy atom. The van der Waals surface area contributed by atoms with E-state index in [1.54, 1.807) is 24.3 Å². The Kier molecular flexibility index (Phi) is 6.50. The molecular weight excluding hydrogens is 396 g/mol. The Morgan fingerprint density at radius 1 is 1.03 bits per heavy atom. The number of hydrogen-bond donors (Lipinski definition) is 1. The number of hydrogen-bond acceptors (Lipinski definition) is 6. The van der Waals surface area contributed by atoms with Gasteiger partial charge in [-0.3, -0.25) is 4.79 Å². The van der Waals surface area contributed by atoms with Gasteiger partial charge in [0.1, 0.15) is 12.4 Å². The number of carbonyl (C=O) groups is 2. The largest absolute Gasteiger partial charge is 0.484 e. The van der Waals surface area contributed by atoms with Crippen LogP contribution in [0.15, 0.2) is 53.4 Å². The van der Waals surface area contributed by atoms with Crippen LogP contribution in [0.4, 0.5) is 0 Å². The van der Waals surface area contributed by atoms with Crippen LogP contribution in [-0.4, -0.2) is 44.3 Å². The van der Waals surface area contributed by atoms with Gasteiger partial charge in [-0.25, -0.2) is 13.2 Å². The van der Waals surface area contributed by atoms with Gasteiger partial charge in [-0.15, -0.1) is 0 Å². The average molecular weight is 418 g/mol. The maximum atomic E-state index is 12.7. The normalized spacial score (nSPS) is 14.5. The number of sulfonamides is 1. The quantitative estimate of drug-likeness (QED) is 0.652. The number of ether oxygens (including phenoxy) is 2. The van der Waals surface area contributed by atoms with Gasteiger partial charge in [-0.1, -0.05) is 18.2 Å². The maximum Gasteiger partial charge on any atom is 0.338 e. The zero-order valence-corrected chi connectivity index (χ0v) is 16.6. The average Bonchev–Trinajstić information content (AvgIpc) is 3.27. The van der Waals surface area contributed by atoms with E-state index in [1.165, 1.54) is 28.6 Å². The van der Waals surface area contributed by atoms with Crippen LogP contribution in [0.3, 0.4) is 0 Å². The highest BCUT2D eigenvalue weighted by atomic mass is 32.2. The molecule has 2 aromatic rings. The first-order valence-electron chi connectivity index (χ1n) is 9.13. The predicted octanol–water partition coefficient (Wildman–Crippen LogP) is 1.69. The van der Waals surface area contributed by atoms with Gasteiger partial charge in [0.2, 0.25) is 10.0 Å². The van der Waals surface area contributed by atoms with Crippen molar-refractivity contribution in [3.05, 3.63) is 59.7 Å². The van der Waals surface area contributed by atoms with E-state index in [2.05, 4.69) is 0 Å². The zero-order valence-electron chi connectivity index (χ0n) is 15.7. The summed E-state index contributed by atoms with van der Waals surface area (Å²) in [5.74, 6) is -0.798. The van der Waals surface area contributed by atoms with Gasteiger partial charge in [0, 0.05) is 13.1 Å². The molecule has 0 bridgehead atoms. The van der Waals surface area contributed by atoms with Crippen molar-refractivity contribution >= 4 is 21.9 Å². The molecule has 0 spiro atoms. The molecule has 1 aliphatic heterocycles. The number of benzene rings is 2. The Morgan fingerprint density at radius 3 is 2.48 bits per heavy atom. The molecule has 0 aliphatic carbocycles. The molecule has 1 fully saturated rings. The highest BCUT2D eigenvalue weighted by Gasteiger charge is 2.27. The summed E-state index contributed by atoms with van der Waals surface area (Å²) >= 11 is 0. The molecule has 0 saturated carbocycles. The van der Waals surface area contributed by atoms with Gasteiger partial charge in [0.05, 0.1) is 10.5 Å². The van der Waals surface area contributed by atoms with Crippen LogP contribution in [0.2, 0.25) is 0 Å². The minimum atomic E-state index is -3.61. The standard InChI is InChI=1S/C20H22N2O6S/c21-19(23)14-27-17-7-3-5-15(11-17)13-28-20(24)16-6-4-8-18(12-16)29(25,26)22-9-1-2-10-22/h3-8,11-12H,1-2,9-10,13-14H2,(H2,21,23). The molecule has 0 radical (unpaired) electrons. The topological polar surface area (TPSA) is 116 Å². The van der Waals surface area contributed by atoms with Crippen molar-refractivity contribution < 1.29 is 27.5 Å². The van der Waals surface area contributed by atoms with E-state index < -0.39 is 21.9 Å². The van der Waals surface area contributed by atoms with Crippen molar-refractivity contribution in [3.63, 3.8) is 0 Å². The summed E-state index contributed by atoms with van der Waals surface area (Å²) in [6.07, 6.45) is 1.67. The summed E-state index contributed by atoms with van der Waals surface area (Å²) in [6.45, 7) is 0.702. The third-order valence-electron chi connectivity index (χ3n) is 4.42. The van der Waals surface area contributed by atoms with Crippen LogP contribution in [-0.2, 0) is 26.2 Å². The van der Waals surface area contributed by atoms with Crippen LogP contribution >= 0.6 is 0 Å². The van der Waals surface area contributed by atoms with Gasteiger partial charge in [0.25, 0.3) is 5.91 Å². The molecular formula is C20H22N2O6S.